The van der Waals surface area contributed by atoms with E-state index in [0.29, 0.717) is 4.58 Å². The van der Waals surface area contributed by atoms with Crippen molar-refractivity contribution in [2.45, 2.75) is 4.58 Å². The monoisotopic (exact) mass is 348 g/mol. The molecule has 1 saturated heterocycles. The van der Waals surface area contributed by atoms with Gasteiger partial charge in [-0.25, -0.2) is 4.98 Å². The van der Waals surface area contributed by atoms with Crippen LogP contribution in [-0.4, -0.2) is 34.1 Å². The number of pyridine rings is 1. The lowest BCUT2D eigenvalue weighted by Gasteiger charge is -2.15. The summed E-state index contributed by atoms with van der Waals surface area (Å²) < 4.78 is 6.03. The Morgan fingerprint density at radius 2 is 2.04 bits per heavy atom. The normalized spacial score (nSPS) is 14.6. The molecule has 2 heterocycles. The third-order valence-corrected chi connectivity index (χ3v) is 6.27. The molecule has 3 rings (SSSR count). The standard InChI is InChI=1S/C16H16N2O3S2/c19-12-5-3-7-17-15(12)18-14(20)10-21-13-6-2-1-4-11(13)16-22-8-9-23-16/h1-7,16,19H,8-10H2,(H,17,18,20). The third kappa shape index (κ3) is 4.11. The molecule has 1 aromatic heterocycles. The quantitative estimate of drug-likeness (QED) is 0.864. The van der Waals surface area contributed by atoms with Gasteiger partial charge in [0.2, 0.25) is 0 Å². The number of carbonyl (C=O) groups excluding carboxylic acids is 1. The molecule has 5 nitrogen and oxygen atoms in total. The summed E-state index contributed by atoms with van der Waals surface area (Å²) in [6.45, 7) is -0.130. The maximum absolute atomic E-state index is 12.0. The Balaban J connectivity index is 1.62. The molecule has 0 saturated carbocycles. The molecule has 0 spiro atoms. The zero-order valence-electron chi connectivity index (χ0n) is 12.3. The molecule has 2 N–H and O–H groups in total. The summed E-state index contributed by atoms with van der Waals surface area (Å²) in [6.07, 6.45) is 1.50. The molecule has 1 fully saturated rings. The summed E-state index contributed by atoms with van der Waals surface area (Å²) in [5, 5.41) is 12.1. The second-order valence-electron chi connectivity index (χ2n) is 4.82. The van der Waals surface area contributed by atoms with Crippen molar-refractivity contribution in [2.75, 3.05) is 23.4 Å². The second kappa shape index (κ2) is 7.61. The highest BCUT2D eigenvalue weighted by Gasteiger charge is 2.22. The summed E-state index contributed by atoms with van der Waals surface area (Å²) >= 11 is 3.78. The van der Waals surface area contributed by atoms with Crippen molar-refractivity contribution in [1.82, 2.24) is 4.98 Å². The Bertz CT molecular complexity index is 691. The number of hydrogen-bond acceptors (Lipinski definition) is 6. The van der Waals surface area contributed by atoms with Crippen molar-refractivity contribution in [1.29, 1.82) is 0 Å². The van der Waals surface area contributed by atoms with Gasteiger partial charge in [0.25, 0.3) is 5.91 Å². The summed E-state index contributed by atoms with van der Waals surface area (Å²) in [5.41, 5.74) is 1.11. The number of carbonyl (C=O) groups is 1. The van der Waals surface area contributed by atoms with Crippen molar-refractivity contribution in [3.05, 3.63) is 48.2 Å². The van der Waals surface area contributed by atoms with Gasteiger partial charge in [-0.2, -0.15) is 0 Å². The maximum atomic E-state index is 12.0. The highest BCUT2D eigenvalue weighted by atomic mass is 32.2. The minimum atomic E-state index is -0.361. The van der Waals surface area contributed by atoms with E-state index in [1.54, 1.807) is 6.07 Å². The van der Waals surface area contributed by atoms with Gasteiger partial charge < -0.3 is 15.2 Å². The number of benzene rings is 1. The Labute approximate surface area is 142 Å². The third-order valence-electron chi connectivity index (χ3n) is 3.20. The van der Waals surface area contributed by atoms with E-state index in [1.165, 1.54) is 12.3 Å². The minimum Gasteiger partial charge on any atom is -0.504 e. The van der Waals surface area contributed by atoms with Crippen LogP contribution < -0.4 is 10.1 Å². The van der Waals surface area contributed by atoms with E-state index in [4.69, 9.17) is 4.74 Å². The van der Waals surface area contributed by atoms with E-state index in [0.717, 1.165) is 22.8 Å². The second-order valence-corrected chi connectivity index (χ2v) is 7.54. The number of ether oxygens (including phenoxy) is 1. The molecule has 1 amide bonds. The predicted octanol–water partition coefficient (Wildman–Crippen LogP) is 3.28. The highest BCUT2D eigenvalue weighted by Crippen LogP contribution is 2.48. The lowest BCUT2D eigenvalue weighted by atomic mass is 10.2. The minimum absolute atomic E-state index is 0.0694. The average molecular weight is 348 g/mol. The van der Waals surface area contributed by atoms with Crippen LogP contribution in [0.25, 0.3) is 0 Å². The molecular weight excluding hydrogens is 332 g/mol. The van der Waals surface area contributed by atoms with Gasteiger partial charge in [0.15, 0.2) is 18.2 Å². The molecule has 0 aliphatic carbocycles. The Kier molecular flexibility index (Phi) is 5.30. The first-order valence-corrected chi connectivity index (χ1v) is 9.22. The first kappa shape index (κ1) is 16.0. The van der Waals surface area contributed by atoms with Gasteiger partial charge in [0.1, 0.15) is 5.75 Å². The van der Waals surface area contributed by atoms with Crippen LogP contribution in [0, 0.1) is 0 Å². The largest absolute Gasteiger partial charge is 0.504 e. The predicted molar refractivity (Wildman–Crippen MR) is 94.1 cm³/mol. The van der Waals surface area contributed by atoms with Crippen LogP contribution in [0.5, 0.6) is 11.5 Å². The first-order valence-electron chi connectivity index (χ1n) is 7.13. The van der Waals surface area contributed by atoms with Crippen molar-refractivity contribution < 1.29 is 14.6 Å². The number of anilines is 1. The topological polar surface area (TPSA) is 71.5 Å². The van der Waals surface area contributed by atoms with Crippen LogP contribution in [0.2, 0.25) is 0 Å². The van der Waals surface area contributed by atoms with E-state index in [1.807, 2.05) is 47.8 Å². The fraction of sp³-hybridized carbons (Fsp3) is 0.250. The molecule has 1 aliphatic heterocycles. The fourth-order valence-corrected chi connectivity index (χ4v) is 5.06. The molecule has 1 aromatic carbocycles. The van der Waals surface area contributed by atoms with Crippen molar-refractivity contribution in [2.24, 2.45) is 0 Å². The molecule has 120 valence electrons. The summed E-state index contributed by atoms with van der Waals surface area (Å²) in [4.78, 5) is 15.9. The van der Waals surface area contributed by atoms with Crippen LogP contribution in [0.4, 0.5) is 5.82 Å². The maximum Gasteiger partial charge on any atom is 0.263 e. The molecule has 2 aromatic rings. The summed E-state index contributed by atoms with van der Waals surface area (Å²) in [5.74, 6) is 2.68. The van der Waals surface area contributed by atoms with Gasteiger partial charge in [0.05, 0.1) is 4.58 Å². The van der Waals surface area contributed by atoms with Gasteiger partial charge in [-0.05, 0) is 18.2 Å². The lowest BCUT2D eigenvalue weighted by molar-refractivity contribution is -0.118. The van der Waals surface area contributed by atoms with Crippen LogP contribution in [0.15, 0.2) is 42.6 Å². The zero-order chi connectivity index (χ0) is 16.1. The number of amides is 1. The Morgan fingerprint density at radius 1 is 1.26 bits per heavy atom. The van der Waals surface area contributed by atoms with Gasteiger partial charge in [0, 0.05) is 23.3 Å². The summed E-state index contributed by atoms with van der Waals surface area (Å²) in [7, 11) is 0. The van der Waals surface area contributed by atoms with Gasteiger partial charge in [-0.3, -0.25) is 4.79 Å². The lowest BCUT2D eigenvalue weighted by Crippen LogP contribution is -2.21. The molecule has 7 heteroatoms. The van der Waals surface area contributed by atoms with E-state index >= 15 is 0 Å². The van der Waals surface area contributed by atoms with E-state index in [2.05, 4.69) is 10.3 Å². The number of aromatic hydroxyl groups is 1. The van der Waals surface area contributed by atoms with E-state index in [-0.39, 0.29) is 24.1 Å². The highest BCUT2D eigenvalue weighted by molar-refractivity contribution is 8.19. The Morgan fingerprint density at radius 3 is 2.83 bits per heavy atom. The molecule has 0 atom stereocenters. The van der Waals surface area contributed by atoms with Crippen molar-refractivity contribution in [3.8, 4) is 11.5 Å². The van der Waals surface area contributed by atoms with E-state index < -0.39 is 0 Å². The smallest absolute Gasteiger partial charge is 0.263 e. The average Bonchev–Trinajstić information content (AvgIpc) is 3.10. The summed E-state index contributed by atoms with van der Waals surface area (Å²) in [6, 6.07) is 10.8. The molecule has 1 aliphatic rings. The van der Waals surface area contributed by atoms with Crippen LogP contribution in [0.3, 0.4) is 0 Å². The molecule has 0 unspecified atom stereocenters. The number of thioether (sulfide) groups is 2. The number of aromatic nitrogens is 1. The van der Waals surface area contributed by atoms with Crippen LogP contribution >= 0.6 is 23.5 Å². The number of nitrogens with one attached hydrogen (secondary N) is 1. The first-order chi connectivity index (χ1) is 11.2. The van der Waals surface area contributed by atoms with Gasteiger partial charge >= 0.3 is 0 Å². The molecular formula is C16H16N2O3S2. The number of hydrogen-bond donors (Lipinski definition) is 2. The number of para-hydroxylation sites is 1. The number of nitrogens with zero attached hydrogens (tertiary/aromatic N) is 1. The Hall–Kier alpha value is -1.86. The van der Waals surface area contributed by atoms with Crippen LogP contribution in [0.1, 0.15) is 10.1 Å². The van der Waals surface area contributed by atoms with E-state index in [9.17, 15) is 9.90 Å². The number of rotatable bonds is 5. The zero-order valence-corrected chi connectivity index (χ0v) is 13.9. The molecule has 0 bridgehead atoms. The molecule has 0 radical (unpaired) electrons. The van der Waals surface area contributed by atoms with Gasteiger partial charge in [-0.1, -0.05) is 18.2 Å². The van der Waals surface area contributed by atoms with Crippen molar-refractivity contribution in [3.63, 3.8) is 0 Å². The SMILES string of the molecule is O=C(COc1ccccc1C1SCCS1)Nc1ncccc1O. The fourth-order valence-electron chi connectivity index (χ4n) is 2.15. The van der Waals surface area contributed by atoms with Crippen LogP contribution in [-0.2, 0) is 4.79 Å². The molecule has 23 heavy (non-hydrogen) atoms. The van der Waals surface area contributed by atoms with Gasteiger partial charge in [-0.15, -0.1) is 23.5 Å². The van der Waals surface area contributed by atoms with Crippen molar-refractivity contribution >= 4 is 35.2 Å².